The number of fused-ring (bicyclic) bond motifs is 7. The van der Waals surface area contributed by atoms with Crippen molar-refractivity contribution in [2.45, 2.75) is 0 Å². The standard InChI is InChI=1S/C58H39NO/c1-4-14-40(15-5-1)43-26-32-48(33-27-43)59(50-22-12-21-46(38-50)41-16-6-2-7-17-41)49-34-28-45(29-35-49)52-24-13-25-54-53-36-30-44-20-10-11-23-51(44)57(53)55-39-47(42-18-8-3-9-19-42)31-37-56(55)60-58(52)54/h1-39H. The van der Waals surface area contributed by atoms with E-state index in [0.29, 0.717) is 0 Å². The maximum Gasteiger partial charge on any atom is 0.143 e. The fourth-order valence-electron chi connectivity index (χ4n) is 8.73. The van der Waals surface area contributed by atoms with Gasteiger partial charge in [-0.3, -0.25) is 0 Å². The zero-order valence-corrected chi connectivity index (χ0v) is 32.9. The molecule has 60 heavy (non-hydrogen) atoms. The van der Waals surface area contributed by atoms with Crippen molar-refractivity contribution in [3.05, 3.63) is 237 Å². The van der Waals surface area contributed by atoms with Gasteiger partial charge in [0.05, 0.1) is 0 Å². The monoisotopic (exact) mass is 765 g/mol. The molecule has 0 radical (unpaired) electrons. The topological polar surface area (TPSA) is 12.5 Å². The summed E-state index contributed by atoms with van der Waals surface area (Å²) in [4.78, 5) is 2.34. The predicted octanol–water partition coefficient (Wildman–Crippen LogP) is 16.4. The van der Waals surface area contributed by atoms with Crippen molar-refractivity contribution in [1.29, 1.82) is 0 Å². The molecule has 0 bridgehead atoms. The van der Waals surface area contributed by atoms with E-state index >= 15 is 0 Å². The van der Waals surface area contributed by atoms with Crippen molar-refractivity contribution < 1.29 is 4.74 Å². The Bertz CT molecular complexity index is 3140. The highest BCUT2D eigenvalue weighted by molar-refractivity contribution is 6.08. The molecule has 0 saturated heterocycles. The van der Waals surface area contributed by atoms with E-state index < -0.39 is 0 Å². The first-order valence-electron chi connectivity index (χ1n) is 20.5. The molecule has 0 unspecified atom stereocenters. The zero-order chi connectivity index (χ0) is 39.8. The summed E-state index contributed by atoms with van der Waals surface area (Å²) >= 11 is 0. The van der Waals surface area contributed by atoms with Crippen LogP contribution in [0.15, 0.2) is 237 Å². The van der Waals surface area contributed by atoms with Crippen molar-refractivity contribution in [3.8, 4) is 78.3 Å². The van der Waals surface area contributed by atoms with Gasteiger partial charge >= 0.3 is 0 Å². The Morgan fingerprint density at radius 2 is 0.800 bits per heavy atom. The van der Waals surface area contributed by atoms with Crippen molar-refractivity contribution in [2.75, 3.05) is 4.90 Å². The van der Waals surface area contributed by atoms with E-state index in [0.717, 1.165) is 61.9 Å². The van der Waals surface area contributed by atoms with Crippen LogP contribution < -0.4 is 9.64 Å². The average molecular weight is 766 g/mol. The second-order valence-corrected chi connectivity index (χ2v) is 15.3. The Morgan fingerprint density at radius 1 is 0.283 bits per heavy atom. The third-order valence-electron chi connectivity index (χ3n) is 11.7. The largest absolute Gasteiger partial charge is 0.455 e. The molecule has 0 spiro atoms. The smallest absolute Gasteiger partial charge is 0.143 e. The van der Waals surface area contributed by atoms with Crippen LogP contribution in [0.2, 0.25) is 0 Å². The Labute approximate surface area is 350 Å². The number of hydrogen-bond donors (Lipinski definition) is 0. The Kier molecular flexibility index (Phi) is 8.87. The first-order valence-corrected chi connectivity index (χ1v) is 20.5. The minimum atomic E-state index is 0.846. The van der Waals surface area contributed by atoms with Crippen LogP contribution in [-0.2, 0) is 0 Å². The first kappa shape index (κ1) is 35.2. The summed E-state index contributed by atoms with van der Waals surface area (Å²) in [5.41, 5.74) is 17.0. The van der Waals surface area contributed by atoms with Gasteiger partial charge in [0, 0.05) is 39.3 Å². The van der Waals surface area contributed by atoms with Crippen LogP contribution in [0.3, 0.4) is 0 Å². The Hall–Kier alpha value is -7.94. The summed E-state index contributed by atoms with van der Waals surface area (Å²) in [6.07, 6.45) is 0. The third-order valence-corrected chi connectivity index (χ3v) is 11.7. The van der Waals surface area contributed by atoms with Crippen LogP contribution in [-0.4, -0.2) is 0 Å². The number of anilines is 3. The van der Waals surface area contributed by atoms with Gasteiger partial charge in [-0.25, -0.2) is 0 Å². The van der Waals surface area contributed by atoms with Crippen LogP contribution in [0.4, 0.5) is 17.1 Å². The first-order chi connectivity index (χ1) is 29.7. The predicted molar refractivity (Wildman–Crippen MR) is 251 cm³/mol. The minimum Gasteiger partial charge on any atom is -0.455 e. The fourth-order valence-corrected chi connectivity index (χ4v) is 8.73. The summed E-state index contributed by atoms with van der Waals surface area (Å²) in [7, 11) is 0. The Morgan fingerprint density at radius 3 is 1.48 bits per heavy atom. The van der Waals surface area contributed by atoms with Crippen LogP contribution in [0.1, 0.15) is 0 Å². The van der Waals surface area contributed by atoms with Gasteiger partial charge in [0.25, 0.3) is 0 Å². The van der Waals surface area contributed by atoms with E-state index in [4.69, 9.17) is 4.74 Å². The van der Waals surface area contributed by atoms with Crippen molar-refractivity contribution in [2.24, 2.45) is 0 Å². The zero-order valence-electron chi connectivity index (χ0n) is 32.9. The average Bonchev–Trinajstić information content (AvgIpc) is 3.47. The van der Waals surface area contributed by atoms with Crippen LogP contribution in [0, 0.1) is 0 Å². The highest BCUT2D eigenvalue weighted by atomic mass is 16.5. The molecular weight excluding hydrogens is 727 g/mol. The number of para-hydroxylation sites is 1. The number of rotatable bonds is 7. The Balaban J connectivity index is 1.03. The van der Waals surface area contributed by atoms with E-state index in [2.05, 4.69) is 241 Å². The highest BCUT2D eigenvalue weighted by Crippen LogP contribution is 2.53. The molecule has 2 nitrogen and oxygen atoms in total. The van der Waals surface area contributed by atoms with Gasteiger partial charge in [-0.2, -0.15) is 0 Å². The molecule has 0 N–H and O–H groups in total. The van der Waals surface area contributed by atoms with Crippen molar-refractivity contribution >= 4 is 27.8 Å². The van der Waals surface area contributed by atoms with Gasteiger partial charge in [0.1, 0.15) is 11.5 Å². The van der Waals surface area contributed by atoms with Gasteiger partial charge in [-0.1, -0.05) is 188 Å². The molecular formula is C58H39NO. The van der Waals surface area contributed by atoms with E-state index in [1.807, 2.05) is 0 Å². The summed E-state index contributed by atoms with van der Waals surface area (Å²) in [6.45, 7) is 0. The third kappa shape index (κ3) is 6.41. The molecule has 0 fully saturated rings. The number of hydrogen-bond acceptors (Lipinski definition) is 2. The molecule has 2 heteroatoms. The van der Waals surface area contributed by atoms with E-state index in [1.165, 1.54) is 44.2 Å². The lowest BCUT2D eigenvalue weighted by atomic mass is 9.88. The molecule has 1 aliphatic heterocycles. The maximum atomic E-state index is 7.12. The summed E-state index contributed by atoms with van der Waals surface area (Å²) < 4.78 is 7.12. The summed E-state index contributed by atoms with van der Waals surface area (Å²) in [5, 5.41) is 2.41. The molecule has 0 aliphatic carbocycles. The molecule has 1 aliphatic rings. The number of benzene rings is 10. The number of ether oxygens (including phenoxy) is 1. The maximum absolute atomic E-state index is 7.12. The van der Waals surface area contributed by atoms with E-state index in [1.54, 1.807) is 0 Å². The molecule has 0 atom stereocenters. The fraction of sp³-hybridized carbons (Fsp3) is 0. The second-order valence-electron chi connectivity index (χ2n) is 15.3. The van der Waals surface area contributed by atoms with Gasteiger partial charge in [-0.05, 0) is 104 Å². The lowest BCUT2D eigenvalue weighted by Gasteiger charge is -2.26. The lowest BCUT2D eigenvalue weighted by molar-refractivity contribution is 0.489. The van der Waals surface area contributed by atoms with Crippen molar-refractivity contribution in [1.82, 2.24) is 0 Å². The number of nitrogens with zero attached hydrogens (tertiary/aromatic N) is 1. The second kappa shape index (κ2) is 15.1. The lowest BCUT2D eigenvalue weighted by Crippen LogP contribution is -2.10. The van der Waals surface area contributed by atoms with E-state index in [9.17, 15) is 0 Å². The quantitative estimate of drug-likeness (QED) is 0.160. The van der Waals surface area contributed by atoms with Gasteiger partial charge < -0.3 is 9.64 Å². The molecule has 282 valence electrons. The molecule has 11 rings (SSSR count). The molecule has 0 saturated carbocycles. The van der Waals surface area contributed by atoms with E-state index in [-0.39, 0.29) is 0 Å². The van der Waals surface area contributed by atoms with Gasteiger partial charge in [-0.15, -0.1) is 0 Å². The summed E-state index contributed by atoms with van der Waals surface area (Å²) in [5.74, 6) is 1.70. The highest BCUT2D eigenvalue weighted by Gasteiger charge is 2.26. The molecule has 10 aromatic rings. The van der Waals surface area contributed by atoms with Crippen LogP contribution >= 0.6 is 0 Å². The normalized spacial score (nSPS) is 11.5. The minimum absolute atomic E-state index is 0.846. The van der Waals surface area contributed by atoms with Crippen molar-refractivity contribution in [3.63, 3.8) is 0 Å². The molecule has 0 aromatic heterocycles. The van der Waals surface area contributed by atoms with Gasteiger partial charge in [0.15, 0.2) is 0 Å². The van der Waals surface area contributed by atoms with Gasteiger partial charge in [0.2, 0.25) is 0 Å². The molecule has 0 amide bonds. The SMILES string of the molecule is c1ccc(-c2ccc(N(c3ccc(-c4cccc5c4Oc4ccc(-c6ccccc6)cc4-c4c-5ccc5ccccc45)cc3)c3cccc(-c4ccccc4)c3)cc2)cc1. The molecule has 1 heterocycles. The van der Waals surface area contributed by atoms with Crippen LogP contribution in [0.25, 0.3) is 77.5 Å². The van der Waals surface area contributed by atoms with Crippen LogP contribution in [0.5, 0.6) is 11.5 Å². The summed E-state index contributed by atoms with van der Waals surface area (Å²) in [6, 6.07) is 84.6. The molecule has 10 aromatic carbocycles.